The SMILES string of the molecule is CCOc1ccc(C2CNCC3(CCCCCC3)O2)cc1. The van der Waals surface area contributed by atoms with Crippen LogP contribution in [0.5, 0.6) is 5.75 Å². The van der Waals surface area contributed by atoms with Crippen molar-refractivity contribution in [2.75, 3.05) is 19.7 Å². The summed E-state index contributed by atoms with van der Waals surface area (Å²) in [6.07, 6.45) is 7.90. The van der Waals surface area contributed by atoms with Gasteiger partial charge < -0.3 is 14.8 Å². The lowest BCUT2D eigenvalue weighted by Crippen LogP contribution is -2.50. The van der Waals surface area contributed by atoms with Gasteiger partial charge in [0.1, 0.15) is 5.75 Å². The highest BCUT2D eigenvalue weighted by atomic mass is 16.5. The first kappa shape index (κ1) is 14.9. The third-order valence-electron chi connectivity index (χ3n) is 4.75. The van der Waals surface area contributed by atoms with Crippen molar-refractivity contribution in [2.24, 2.45) is 0 Å². The molecule has 1 atom stereocenters. The van der Waals surface area contributed by atoms with Gasteiger partial charge in [-0.25, -0.2) is 0 Å². The van der Waals surface area contributed by atoms with Gasteiger partial charge in [-0.15, -0.1) is 0 Å². The summed E-state index contributed by atoms with van der Waals surface area (Å²) in [5, 5.41) is 3.61. The van der Waals surface area contributed by atoms with Gasteiger partial charge in [0.25, 0.3) is 0 Å². The van der Waals surface area contributed by atoms with Crippen molar-refractivity contribution < 1.29 is 9.47 Å². The van der Waals surface area contributed by atoms with Crippen LogP contribution in [0, 0.1) is 0 Å². The van der Waals surface area contributed by atoms with E-state index in [0.29, 0.717) is 6.61 Å². The summed E-state index contributed by atoms with van der Waals surface area (Å²) in [6, 6.07) is 8.40. The zero-order chi connectivity index (χ0) is 14.5. The van der Waals surface area contributed by atoms with Crippen LogP contribution in [0.4, 0.5) is 0 Å². The molecular weight excluding hydrogens is 262 g/mol. The Morgan fingerprint density at radius 3 is 2.52 bits per heavy atom. The van der Waals surface area contributed by atoms with Crippen LogP contribution < -0.4 is 10.1 Å². The minimum atomic E-state index is 0.0675. The number of rotatable bonds is 3. The first-order chi connectivity index (χ1) is 10.3. The molecule has 0 aromatic heterocycles. The van der Waals surface area contributed by atoms with Crippen LogP contribution in [0.25, 0.3) is 0 Å². The lowest BCUT2D eigenvalue weighted by Gasteiger charge is -2.41. The van der Waals surface area contributed by atoms with Crippen molar-refractivity contribution in [1.82, 2.24) is 5.32 Å². The molecule has 1 saturated heterocycles. The summed E-state index contributed by atoms with van der Waals surface area (Å²) in [7, 11) is 0. The van der Waals surface area contributed by atoms with Gasteiger partial charge >= 0.3 is 0 Å². The van der Waals surface area contributed by atoms with Gasteiger partial charge in [0.15, 0.2) is 0 Å². The second kappa shape index (κ2) is 6.80. The Balaban J connectivity index is 1.70. The average Bonchev–Trinajstić information content (AvgIpc) is 2.74. The quantitative estimate of drug-likeness (QED) is 0.917. The number of morpholine rings is 1. The summed E-state index contributed by atoms with van der Waals surface area (Å²) in [5.41, 5.74) is 1.33. The van der Waals surface area contributed by atoms with Gasteiger partial charge in [-0.2, -0.15) is 0 Å². The van der Waals surface area contributed by atoms with Crippen molar-refractivity contribution in [1.29, 1.82) is 0 Å². The van der Waals surface area contributed by atoms with Crippen LogP contribution in [0.15, 0.2) is 24.3 Å². The van der Waals surface area contributed by atoms with Gasteiger partial charge in [-0.3, -0.25) is 0 Å². The van der Waals surface area contributed by atoms with Crippen LogP contribution in [-0.4, -0.2) is 25.3 Å². The lowest BCUT2D eigenvalue weighted by atomic mass is 9.91. The van der Waals surface area contributed by atoms with E-state index in [-0.39, 0.29) is 11.7 Å². The molecule has 1 unspecified atom stereocenters. The molecular formula is C18H27NO2. The fourth-order valence-electron chi connectivity index (χ4n) is 3.61. The van der Waals surface area contributed by atoms with E-state index in [4.69, 9.17) is 9.47 Å². The molecule has 0 radical (unpaired) electrons. The van der Waals surface area contributed by atoms with Gasteiger partial charge in [-0.1, -0.05) is 37.8 Å². The van der Waals surface area contributed by atoms with Gasteiger partial charge in [-0.05, 0) is 37.5 Å². The molecule has 1 aromatic rings. The first-order valence-electron chi connectivity index (χ1n) is 8.43. The molecule has 3 rings (SSSR count). The van der Waals surface area contributed by atoms with Crippen LogP contribution >= 0.6 is 0 Å². The first-order valence-corrected chi connectivity index (χ1v) is 8.43. The topological polar surface area (TPSA) is 30.5 Å². The van der Waals surface area contributed by atoms with E-state index in [1.54, 1.807) is 0 Å². The standard InChI is InChI=1S/C18H27NO2/c1-2-20-16-9-7-15(8-10-16)17-13-19-14-18(21-17)11-5-3-4-6-12-18/h7-10,17,19H,2-6,11-14H2,1H3. The number of hydrogen-bond acceptors (Lipinski definition) is 3. The van der Waals surface area contributed by atoms with Crippen LogP contribution in [-0.2, 0) is 4.74 Å². The fraction of sp³-hybridized carbons (Fsp3) is 0.667. The summed E-state index contributed by atoms with van der Waals surface area (Å²) >= 11 is 0. The molecule has 2 fully saturated rings. The van der Waals surface area contributed by atoms with Crippen molar-refractivity contribution >= 4 is 0 Å². The summed E-state index contributed by atoms with van der Waals surface area (Å²) in [4.78, 5) is 0. The highest BCUT2D eigenvalue weighted by Crippen LogP contribution is 2.37. The van der Waals surface area contributed by atoms with E-state index >= 15 is 0 Å². The Kier molecular flexibility index (Phi) is 4.81. The van der Waals surface area contributed by atoms with Crippen LogP contribution in [0.2, 0.25) is 0 Å². The Morgan fingerprint density at radius 2 is 1.86 bits per heavy atom. The highest BCUT2D eigenvalue weighted by molar-refractivity contribution is 5.29. The molecule has 0 bridgehead atoms. The molecule has 2 aliphatic rings. The van der Waals surface area contributed by atoms with E-state index < -0.39 is 0 Å². The zero-order valence-electron chi connectivity index (χ0n) is 13.1. The molecule has 1 aromatic carbocycles. The zero-order valence-corrected chi connectivity index (χ0v) is 13.1. The smallest absolute Gasteiger partial charge is 0.119 e. The molecule has 3 nitrogen and oxygen atoms in total. The Bertz CT molecular complexity index is 435. The molecule has 1 aliphatic carbocycles. The predicted molar refractivity (Wildman–Crippen MR) is 84.7 cm³/mol. The molecule has 116 valence electrons. The van der Waals surface area contributed by atoms with Crippen molar-refractivity contribution in [3.63, 3.8) is 0 Å². The van der Waals surface area contributed by atoms with Gasteiger partial charge in [0.2, 0.25) is 0 Å². The second-order valence-corrected chi connectivity index (χ2v) is 6.34. The molecule has 1 heterocycles. The number of nitrogens with one attached hydrogen (secondary N) is 1. The van der Waals surface area contributed by atoms with Crippen molar-refractivity contribution in [2.45, 2.75) is 57.2 Å². The largest absolute Gasteiger partial charge is 0.494 e. The maximum Gasteiger partial charge on any atom is 0.119 e. The molecule has 1 aliphatic heterocycles. The third-order valence-corrected chi connectivity index (χ3v) is 4.75. The fourth-order valence-corrected chi connectivity index (χ4v) is 3.61. The number of ether oxygens (including phenoxy) is 2. The second-order valence-electron chi connectivity index (χ2n) is 6.34. The van der Waals surface area contributed by atoms with E-state index in [1.165, 1.54) is 44.1 Å². The molecule has 21 heavy (non-hydrogen) atoms. The van der Waals surface area contributed by atoms with E-state index in [9.17, 15) is 0 Å². The Labute approximate surface area is 128 Å². The molecule has 0 amide bonds. The lowest BCUT2D eigenvalue weighted by molar-refractivity contribution is -0.126. The summed E-state index contributed by atoms with van der Waals surface area (Å²) < 4.78 is 12.1. The van der Waals surface area contributed by atoms with Gasteiger partial charge in [0, 0.05) is 13.1 Å². The van der Waals surface area contributed by atoms with Crippen molar-refractivity contribution in [3.8, 4) is 5.75 Å². The van der Waals surface area contributed by atoms with Crippen LogP contribution in [0.3, 0.4) is 0 Å². The molecule has 1 saturated carbocycles. The Hall–Kier alpha value is -1.06. The minimum absolute atomic E-state index is 0.0675. The van der Waals surface area contributed by atoms with Crippen molar-refractivity contribution in [3.05, 3.63) is 29.8 Å². The predicted octanol–water partition coefficient (Wildman–Crippen LogP) is 3.84. The summed E-state index contributed by atoms with van der Waals surface area (Å²) in [6.45, 7) is 4.65. The third kappa shape index (κ3) is 3.58. The average molecular weight is 289 g/mol. The highest BCUT2D eigenvalue weighted by Gasteiger charge is 2.37. The Morgan fingerprint density at radius 1 is 1.14 bits per heavy atom. The van der Waals surface area contributed by atoms with Crippen LogP contribution in [0.1, 0.15) is 57.1 Å². The summed E-state index contributed by atoms with van der Waals surface area (Å²) in [5.74, 6) is 0.939. The molecule has 1 N–H and O–H groups in total. The molecule has 1 spiro atoms. The van der Waals surface area contributed by atoms with E-state index in [0.717, 1.165) is 18.8 Å². The monoisotopic (exact) mass is 289 g/mol. The van der Waals surface area contributed by atoms with Gasteiger partial charge in [0.05, 0.1) is 18.3 Å². The maximum absolute atomic E-state index is 6.58. The van der Waals surface area contributed by atoms with E-state index in [2.05, 4.69) is 29.6 Å². The normalized spacial score (nSPS) is 25.5. The maximum atomic E-state index is 6.58. The minimum Gasteiger partial charge on any atom is -0.494 e. The number of benzene rings is 1. The van der Waals surface area contributed by atoms with E-state index in [1.807, 2.05) is 6.92 Å². The molecule has 3 heteroatoms. The number of hydrogen-bond donors (Lipinski definition) is 1.